The van der Waals surface area contributed by atoms with Crippen LogP contribution in [0.3, 0.4) is 0 Å². The summed E-state index contributed by atoms with van der Waals surface area (Å²) in [6.45, 7) is 1.74. The van der Waals surface area contributed by atoms with E-state index >= 15 is 0 Å². The number of terminal acetylenes is 1. The maximum atomic E-state index is 11.6. The van der Waals surface area contributed by atoms with Crippen LogP contribution in [0, 0.1) is 12.3 Å². The van der Waals surface area contributed by atoms with Crippen LogP contribution in [0.5, 0.6) is 11.5 Å². The molecule has 2 amide bonds. The maximum absolute atomic E-state index is 11.6. The third kappa shape index (κ3) is 6.34. The Balaban J connectivity index is 2.49. The molecule has 0 saturated carbocycles. The molecule has 0 atom stereocenters. The average molecular weight is 290 g/mol. The molecule has 0 aliphatic rings. The summed E-state index contributed by atoms with van der Waals surface area (Å²) in [7, 11) is 0. The Hall–Kier alpha value is -2.68. The third-order valence-electron chi connectivity index (χ3n) is 2.50. The quantitative estimate of drug-likeness (QED) is 0.246. The van der Waals surface area contributed by atoms with Crippen molar-refractivity contribution in [2.45, 2.75) is 26.2 Å². The molecule has 21 heavy (non-hydrogen) atoms. The van der Waals surface area contributed by atoms with Gasteiger partial charge in [-0.25, -0.2) is 4.79 Å². The molecule has 0 spiro atoms. The molecule has 6 nitrogen and oxygen atoms in total. The van der Waals surface area contributed by atoms with Gasteiger partial charge in [0.15, 0.2) is 11.5 Å². The van der Waals surface area contributed by atoms with Crippen molar-refractivity contribution >= 4 is 17.7 Å². The van der Waals surface area contributed by atoms with Crippen LogP contribution < -0.4 is 15.4 Å². The van der Waals surface area contributed by atoms with E-state index in [0.29, 0.717) is 18.7 Å². The molecule has 0 saturated heterocycles. The summed E-state index contributed by atoms with van der Waals surface area (Å²) in [5.74, 6) is 1.79. The molecule has 6 heteroatoms. The van der Waals surface area contributed by atoms with Gasteiger partial charge in [0.1, 0.15) is 0 Å². The van der Waals surface area contributed by atoms with E-state index in [1.165, 1.54) is 25.1 Å². The number of hydrogen-bond donors (Lipinski definition) is 3. The highest BCUT2D eigenvalue weighted by Crippen LogP contribution is 2.29. The van der Waals surface area contributed by atoms with E-state index in [1.54, 1.807) is 0 Å². The number of nitrogens with one attached hydrogen (secondary N) is 2. The Kier molecular flexibility index (Phi) is 6.61. The molecular weight excluding hydrogens is 272 g/mol. The first kappa shape index (κ1) is 16.4. The van der Waals surface area contributed by atoms with Gasteiger partial charge in [-0.05, 0) is 25.0 Å². The number of phenols is 1. The highest BCUT2D eigenvalue weighted by atomic mass is 16.5. The molecule has 112 valence electrons. The minimum Gasteiger partial charge on any atom is -0.504 e. The summed E-state index contributed by atoms with van der Waals surface area (Å²) < 4.78 is 4.81. The first-order chi connectivity index (χ1) is 10.0. The first-order valence-electron chi connectivity index (χ1n) is 6.52. The Morgan fingerprint density at radius 1 is 1.38 bits per heavy atom. The van der Waals surface area contributed by atoms with Gasteiger partial charge in [0.05, 0.1) is 0 Å². The van der Waals surface area contributed by atoms with Crippen LogP contribution in [0.4, 0.5) is 10.5 Å². The minimum atomic E-state index is -0.555. The van der Waals surface area contributed by atoms with Gasteiger partial charge < -0.3 is 20.5 Å². The summed E-state index contributed by atoms with van der Waals surface area (Å²) in [6.07, 6.45) is 7.47. The predicted octanol–water partition coefficient (Wildman–Crippen LogP) is 2.24. The molecule has 0 aromatic heterocycles. The van der Waals surface area contributed by atoms with E-state index in [2.05, 4.69) is 16.6 Å². The lowest BCUT2D eigenvalue weighted by Crippen LogP contribution is -2.29. The highest BCUT2D eigenvalue weighted by molar-refractivity contribution is 5.89. The van der Waals surface area contributed by atoms with Crippen molar-refractivity contribution in [2.75, 3.05) is 11.9 Å². The van der Waals surface area contributed by atoms with Crippen LogP contribution in [0.2, 0.25) is 0 Å². The van der Waals surface area contributed by atoms with Gasteiger partial charge in [0.2, 0.25) is 0 Å². The molecular formula is C15H18N2O4. The number of amides is 2. The van der Waals surface area contributed by atoms with E-state index in [9.17, 15) is 14.7 Å². The topological polar surface area (TPSA) is 87.7 Å². The standard InChI is InChI=1S/C15H18N2O4/c1-3-4-5-6-9-16-15(20)17-12-7-8-13(19)14(10-12)21-11(2)18/h1,7-8,10,19H,4-6,9H2,2H3,(H2,16,17,20). The number of urea groups is 1. The van der Waals surface area contributed by atoms with Crippen LogP contribution >= 0.6 is 0 Å². The van der Waals surface area contributed by atoms with Gasteiger partial charge in [-0.1, -0.05) is 0 Å². The van der Waals surface area contributed by atoms with Gasteiger partial charge in [-0.3, -0.25) is 4.79 Å². The van der Waals surface area contributed by atoms with Crippen molar-refractivity contribution in [1.82, 2.24) is 5.32 Å². The molecule has 0 bridgehead atoms. The summed E-state index contributed by atoms with van der Waals surface area (Å²) >= 11 is 0. The monoisotopic (exact) mass is 290 g/mol. The second kappa shape index (κ2) is 8.48. The number of aromatic hydroxyl groups is 1. The van der Waals surface area contributed by atoms with Crippen molar-refractivity contribution in [3.8, 4) is 23.8 Å². The molecule has 0 aliphatic carbocycles. The van der Waals surface area contributed by atoms with Crippen molar-refractivity contribution in [1.29, 1.82) is 0 Å². The average Bonchev–Trinajstić information content (AvgIpc) is 2.42. The second-order valence-corrected chi connectivity index (χ2v) is 4.32. The van der Waals surface area contributed by atoms with Gasteiger partial charge in [-0.2, -0.15) is 0 Å². The van der Waals surface area contributed by atoms with Crippen molar-refractivity contribution in [3.05, 3.63) is 18.2 Å². The fourth-order valence-corrected chi connectivity index (χ4v) is 1.56. The molecule has 3 N–H and O–H groups in total. The number of benzene rings is 1. The van der Waals surface area contributed by atoms with E-state index in [4.69, 9.17) is 11.2 Å². The Morgan fingerprint density at radius 3 is 2.81 bits per heavy atom. The van der Waals surface area contributed by atoms with E-state index in [-0.39, 0.29) is 17.5 Å². The SMILES string of the molecule is C#CCCCCNC(=O)Nc1ccc(O)c(OC(C)=O)c1. The third-order valence-corrected chi connectivity index (χ3v) is 2.50. The van der Waals surface area contributed by atoms with Crippen LogP contribution in [-0.4, -0.2) is 23.7 Å². The zero-order valence-corrected chi connectivity index (χ0v) is 11.8. The Bertz CT molecular complexity index is 549. The second-order valence-electron chi connectivity index (χ2n) is 4.32. The van der Waals surface area contributed by atoms with Crippen molar-refractivity contribution in [2.24, 2.45) is 0 Å². The maximum Gasteiger partial charge on any atom is 0.319 e. The molecule has 0 fully saturated rings. The zero-order chi connectivity index (χ0) is 15.7. The number of rotatable bonds is 6. The summed E-state index contributed by atoms with van der Waals surface area (Å²) in [5.41, 5.74) is 0.408. The summed E-state index contributed by atoms with van der Waals surface area (Å²) in [6, 6.07) is 3.82. The van der Waals surface area contributed by atoms with Crippen molar-refractivity contribution < 1.29 is 19.4 Å². The van der Waals surface area contributed by atoms with Gasteiger partial charge in [0.25, 0.3) is 0 Å². The number of unbranched alkanes of at least 4 members (excludes halogenated alkanes) is 2. The number of phenolic OH excluding ortho intramolecular Hbond substituents is 1. The van der Waals surface area contributed by atoms with Crippen LogP contribution in [-0.2, 0) is 4.79 Å². The van der Waals surface area contributed by atoms with Crippen molar-refractivity contribution in [3.63, 3.8) is 0 Å². The number of carbonyl (C=O) groups is 2. The lowest BCUT2D eigenvalue weighted by Gasteiger charge is -2.09. The molecule has 0 heterocycles. The van der Waals surface area contributed by atoms with E-state index < -0.39 is 5.97 Å². The Labute approximate surface area is 123 Å². The number of ether oxygens (including phenoxy) is 1. The van der Waals surface area contributed by atoms with Crippen LogP contribution in [0.15, 0.2) is 18.2 Å². The lowest BCUT2D eigenvalue weighted by atomic mass is 10.2. The molecule has 0 radical (unpaired) electrons. The largest absolute Gasteiger partial charge is 0.504 e. The zero-order valence-electron chi connectivity index (χ0n) is 11.8. The van der Waals surface area contributed by atoms with Gasteiger partial charge in [0, 0.05) is 31.6 Å². The van der Waals surface area contributed by atoms with Crippen LogP contribution in [0.1, 0.15) is 26.2 Å². The number of anilines is 1. The Morgan fingerprint density at radius 2 is 2.14 bits per heavy atom. The summed E-state index contributed by atoms with van der Waals surface area (Å²) in [5, 5.41) is 14.8. The smallest absolute Gasteiger partial charge is 0.319 e. The molecule has 0 aliphatic heterocycles. The summed E-state index contributed by atoms with van der Waals surface area (Å²) in [4.78, 5) is 22.5. The number of carbonyl (C=O) groups excluding carboxylic acids is 2. The lowest BCUT2D eigenvalue weighted by molar-refractivity contribution is -0.132. The number of esters is 1. The fourth-order valence-electron chi connectivity index (χ4n) is 1.56. The molecule has 0 unspecified atom stereocenters. The predicted molar refractivity (Wildman–Crippen MR) is 79.1 cm³/mol. The van der Waals surface area contributed by atoms with E-state index in [0.717, 1.165) is 12.8 Å². The van der Waals surface area contributed by atoms with E-state index in [1.807, 2.05) is 0 Å². The molecule has 1 rings (SSSR count). The number of hydrogen-bond acceptors (Lipinski definition) is 4. The molecule has 1 aromatic rings. The minimum absolute atomic E-state index is 0.00526. The van der Waals surface area contributed by atoms with Gasteiger partial charge in [-0.15, -0.1) is 12.3 Å². The highest BCUT2D eigenvalue weighted by Gasteiger charge is 2.08. The van der Waals surface area contributed by atoms with Crippen LogP contribution in [0.25, 0.3) is 0 Å². The normalized spacial score (nSPS) is 9.52. The van der Waals surface area contributed by atoms with Gasteiger partial charge >= 0.3 is 12.0 Å². The first-order valence-corrected chi connectivity index (χ1v) is 6.52. The fraction of sp³-hybridized carbons (Fsp3) is 0.333. The molecule has 1 aromatic carbocycles.